The Kier molecular flexibility index (Phi) is 5.01. The Morgan fingerprint density at radius 1 is 1.12 bits per heavy atom. The van der Waals surface area contributed by atoms with Gasteiger partial charge in [-0.25, -0.2) is 9.18 Å². The molecule has 2 saturated carbocycles. The van der Waals surface area contributed by atoms with Crippen molar-refractivity contribution in [3.63, 3.8) is 0 Å². The summed E-state index contributed by atoms with van der Waals surface area (Å²) in [6.45, 7) is -0.514. The summed E-state index contributed by atoms with van der Waals surface area (Å²) in [6.07, 6.45) is 4.75. The normalized spacial score (nSPS) is 18.4. The maximum Gasteiger partial charge on any atom is 0.321 e. The van der Waals surface area contributed by atoms with Crippen LogP contribution in [0.4, 0.5) is 9.18 Å². The Balaban J connectivity index is 1.58. The topological polar surface area (TPSA) is 84.5 Å². The van der Waals surface area contributed by atoms with Crippen molar-refractivity contribution in [2.75, 3.05) is 6.61 Å². The van der Waals surface area contributed by atoms with Gasteiger partial charge in [-0.1, -0.05) is 25.0 Å². The number of benzene rings is 1. The van der Waals surface area contributed by atoms with E-state index in [2.05, 4.69) is 10.6 Å². The summed E-state index contributed by atoms with van der Waals surface area (Å²) in [5, 5.41) is 4.76. The minimum absolute atomic E-state index is 0.135. The number of urea groups is 1. The molecule has 1 aromatic rings. The second-order valence-corrected chi connectivity index (χ2v) is 6.67. The van der Waals surface area contributed by atoms with Crippen LogP contribution < -0.4 is 10.6 Å². The number of nitrogens with one attached hydrogen (secondary N) is 2. The molecular weight excluding hydrogens is 327 g/mol. The molecule has 0 aliphatic heterocycles. The van der Waals surface area contributed by atoms with Crippen LogP contribution in [-0.4, -0.2) is 30.6 Å². The number of halogens is 1. The van der Waals surface area contributed by atoms with Gasteiger partial charge < -0.3 is 10.1 Å². The van der Waals surface area contributed by atoms with E-state index < -0.39 is 29.9 Å². The SMILES string of the molecule is O=C(COC(=O)C1(c2ccc(F)cc2)CCCC1)NC(=O)NC1CC1. The number of hydrogen-bond donors (Lipinski definition) is 2. The van der Waals surface area contributed by atoms with Crippen molar-refractivity contribution in [1.29, 1.82) is 0 Å². The molecule has 0 bridgehead atoms. The van der Waals surface area contributed by atoms with Crippen LogP contribution in [0.25, 0.3) is 0 Å². The van der Waals surface area contributed by atoms with E-state index in [9.17, 15) is 18.8 Å². The minimum Gasteiger partial charge on any atom is -0.455 e. The monoisotopic (exact) mass is 348 g/mol. The van der Waals surface area contributed by atoms with Gasteiger partial charge in [-0.3, -0.25) is 14.9 Å². The zero-order chi connectivity index (χ0) is 17.9. The molecule has 0 aromatic heterocycles. The number of carbonyl (C=O) groups excluding carboxylic acids is 3. The van der Waals surface area contributed by atoms with Crippen LogP contribution in [0.3, 0.4) is 0 Å². The number of carbonyl (C=O) groups is 3. The summed E-state index contributed by atoms with van der Waals surface area (Å²) in [5.74, 6) is -1.54. The smallest absolute Gasteiger partial charge is 0.321 e. The second-order valence-electron chi connectivity index (χ2n) is 6.67. The van der Waals surface area contributed by atoms with Gasteiger partial charge in [-0.2, -0.15) is 0 Å². The van der Waals surface area contributed by atoms with Crippen molar-refractivity contribution in [3.8, 4) is 0 Å². The van der Waals surface area contributed by atoms with Gasteiger partial charge in [0.25, 0.3) is 5.91 Å². The van der Waals surface area contributed by atoms with E-state index in [0.29, 0.717) is 18.4 Å². The van der Waals surface area contributed by atoms with E-state index >= 15 is 0 Å². The maximum atomic E-state index is 13.2. The van der Waals surface area contributed by atoms with Gasteiger partial charge in [0.2, 0.25) is 0 Å². The molecule has 0 heterocycles. The molecule has 0 saturated heterocycles. The second kappa shape index (κ2) is 7.21. The molecule has 7 heteroatoms. The van der Waals surface area contributed by atoms with E-state index in [1.54, 1.807) is 12.1 Å². The fourth-order valence-corrected chi connectivity index (χ4v) is 3.24. The molecule has 25 heavy (non-hydrogen) atoms. The lowest BCUT2D eigenvalue weighted by Crippen LogP contribution is -2.43. The first-order valence-corrected chi connectivity index (χ1v) is 8.53. The number of esters is 1. The molecule has 0 atom stereocenters. The van der Waals surface area contributed by atoms with Crippen molar-refractivity contribution in [2.45, 2.75) is 50.0 Å². The molecule has 0 radical (unpaired) electrons. The third-order valence-corrected chi connectivity index (χ3v) is 4.74. The van der Waals surface area contributed by atoms with Gasteiger partial charge >= 0.3 is 12.0 Å². The number of ether oxygens (including phenoxy) is 1. The summed E-state index contributed by atoms with van der Waals surface area (Å²) < 4.78 is 18.3. The third kappa shape index (κ3) is 4.15. The van der Waals surface area contributed by atoms with Gasteiger partial charge in [-0.05, 0) is 43.4 Å². The Labute approximate surface area is 145 Å². The van der Waals surface area contributed by atoms with Gasteiger partial charge in [0.15, 0.2) is 6.61 Å². The highest BCUT2D eigenvalue weighted by Gasteiger charge is 2.44. The third-order valence-electron chi connectivity index (χ3n) is 4.74. The predicted octanol–water partition coefficient (Wildman–Crippen LogP) is 2.17. The number of rotatable bonds is 5. The van der Waals surface area contributed by atoms with E-state index in [-0.39, 0.29) is 11.9 Å². The first-order chi connectivity index (χ1) is 12.0. The first kappa shape index (κ1) is 17.4. The van der Waals surface area contributed by atoms with Crippen LogP contribution in [-0.2, 0) is 19.7 Å². The zero-order valence-corrected chi connectivity index (χ0v) is 13.8. The van der Waals surface area contributed by atoms with Crippen molar-refractivity contribution in [3.05, 3.63) is 35.6 Å². The molecule has 3 rings (SSSR count). The fraction of sp³-hybridized carbons (Fsp3) is 0.500. The quantitative estimate of drug-likeness (QED) is 0.799. The lowest BCUT2D eigenvalue weighted by atomic mass is 9.79. The van der Waals surface area contributed by atoms with Crippen LogP contribution in [0.15, 0.2) is 24.3 Å². The van der Waals surface area contributed by atoms with Crippen molar-refractivity contribution in [1.82, 2.24) is 10.6 Å². The number of imide groups is 1. The van der Waals surface area contributed by atoms with Crippen LogP contribution >= 0.6 is 0 Å². The average molecular weight is 348 g/mol. The number of amides is 3. The highest BCUT2D eigenvalue weighted by molar-refractivity contribution is 5.96. The van der Waals surface area contributed by atoms with E-state index in [1.807, 2.05) is 0 Å². The number of hydrogen-bond acceptors (Lipinski definition) is 4. The predicted molar refractivity (Wildman–Crippen MR) is 87.2 cm³/mol. The Morgan fingerprint density at radius 3 is 2.36 bits per heavy atom. The standard InChI is InChI=1S/C18H21FN2O4/c19-13-5-3-12(4-6-13)18(9-1-2-10-18)16(23)25-11-15(22)21-17(24)20-14-7-8-14/h3-6,14H,1-2,7-11H2,(H2,20,21,22,24). The van der Waals surface area contributed by atoms with Crippen molar-refractivity contribution < 1.29 is 23.5 Å². The Hall–Kier alpha value is -2.44. The van der Waals surface area contributed by atoms with E-state index in [4.69, 9.17) is 4.74 Å². The zero-order valence-electron chi connectivity index (χ0n) is 13.8. The van der Waals surface area contributed by atoms with Crippen LogP contribution in [0, 0.1) is 5.82 Å². The molecule has 0 spiro atoms. The molecule has 3 amide bonds. The highest BCUT2D eigenvalue weighted by Crippen LogP contribution is 2.42. The average Bonchev–Trinajstić information content (AvgIpc) is 3.25. The van der Waals surface area contributed by atoms with Gasteiger partial charge in [-0.15, -0.1) is 0 Å². The maximum absolute atomic E-state index is 13.2. The van der Waals surface area contributed by atoms with Crippen molar-refractivity contribution in [2.24, 2.45) is 0 Å². The van der Waals surface area contributed by atoms with E-state index in [0.717, 1.165) is 25.7 Å². The molecule has 134 valence electrons. The van der Waals surface area contributed by atoms with Crippen LogP contribution in [0.2, 0.25) is 0 Å². The molecule has 1 aromatic carbocycles. The lowest BCUT2D eigenvalue weighted by Gasteiger charge is -2.27. The first-order valence-electron chi connectivity index (χ1n) is 8.53. The molecule has 2 aliphatic rings. The molecule has 0 unspecified atom stereocenters. The summed E-state index contributed by atoms with van der Waals surface area (Å²) in [6, 6.07) is 5.37. The minimum atomic E-state index is -0.843. The lowest BCUT2D eigenvalue weighted by molar-refractivity contribution is -0.154. The Morgan fingerprint density at radius 2 is 1.76 bits per heavy atom. The van der Waals surface area contributed by atoms with Gasteiger partial charge in [0.05, 0.1) is 5.41 Å². The van der Waals surface area contributed by atoms with Crippen molar-refractivity contribution >= 4 is 17.9 Å². The van der Waals surface area contributed by atoms with Gasteiger partial charge in [0.1, 0.15) is 5.82 Å². The molecule has 6 nitrogen and oxygen atoms in total. The molecular formula is C18H21FN2O4. The van der Waals surface area contributed by atoms with Crippen LogP contribution in [0.1, 0.15) is 44.1 Å². The highest BCUT2D eigenvalue weighted by atomic mass is 19.1. The summed E-state index contributed by atoms with van der Waals surface area (Å²) in [4.78, 5) is 35.9. The Bertz CT molecular complexity index is 664. The summed E-state index contributed by atoms with van der Waals surface area (Å²) >= 11 is 0. The summed E-state index contributed by atoms with van der Waals surface area (Å²) in [7, 11) is 0. The summed E-state index contributed by atoms with van der Waals surface area (Å²) in [5.41, 5.74) is -0.146. The largest absolute Gasteiger partial charge is 0.455 e. The molecule has 2 aliphatic carbocycles. The van der Waals surface area contributed by atoms with Crippen LogP contribution in [0.5, 0.6) is 0 Å². The molecule has 2 fully saturated rings. The van der Waals surface area contributed by atoms with E-state index in [1.165, 1.54) is 12.1 Å². The van der Waals surface area contributed by atoms with Gasteiger partial charge in [0, 0.05) is 6.04 Å². The fourth-order valence-electron chi connectivity index (χ4n) is 3.24. The molecule has 2 N–H and O–H groups in total.